The SMILES string of the molecule is CC[n+]1cn(-c2nc(C3CC3)n(C)c2C)c(C)c1C. The molecule has 2 heterocycles. The summed E-state index contributed by atoms with van der Waals surface area (Å²) < 4.78 is 6.78. The van der Waals surface area contributed by atoms with Gasteiger partial charge in [-0.2, -0.15) is 9.55 Å². The van der Waals surface area contributed by atoms with Crippen molar-refractivity contribution in [2.45, 2.75) is 53.0 Å². The molecule has 0 aliphatic heterocycles. The average molecular weight is 259 g/mol. The van der Waals surface area contributed by atoms with Crippen LogP contribution >= 0.6 is 0 Å². The molecule has 0 saturated heterocycles. The van der Waals surface area contributed by atoms with Crippen molar-refractivity contribution < 1.29 is 4.57 Å². The van der Waals surface area contributed by atoms with Gasteiger partial charge in [0.15, 0.2) is 0 Å². The molecule has 4 heteroatoms. The zero-order chi connectivity index (χ0) is 13.7. The van der Waals surface area contributed by atoms with Crippen LogP contribution in [0.25, 0.3) is 5.82 Å². The minimum atomic E-state index is 0.688. The first-order chi connectivity index (χ1) is 9.04. The molecule has 0 atom stereocenters. The molecule has 19 heavy (non-hydrogen) atoms. The van der Waals surface area contributed by atoms with Crippen LogP contribution in [0.3, 0.4) is 0 Å². The van der Waals surface area contributed by atoms with Crippen molar-refractivity contribution in [3.63, 3.8) is 0 Å². The molecule has 2 aromatic rings. The maximum Gasteiger partial charge on any atom is 0.250 e. The third-order valence-electron chi connectivity index (χ3n) is 4.47. The number of nitrogens with zero attached hydrogens (tertiary/aromatic N) is 4. The van der Waals surface area contributed by atoms with Crippen LogP contribution < -0.4 is 4.57 Å². The summed E-state index contributed by atoms with van der Waals surface area (Å²) in [4.78, 5) is 4.90. The van der Waals surface area contributed by atoms with Gasteiger partial charge in [0.25, 0.3) is 6.33 Å². The Morgan fingerprint density at radius 1 is 1.26 bits per heavy atom. The third-order valence-corrected chi connectivity index (χ3v) is 4.47. The average Bonchev–Trinajstić information content (AvgIpc) is 3.15. The first kappa shape index (κ1) is 12.5. The molecule has 0 N–H and O–H groups in total. The molecule has 1 saturated carbocycles. The molecule has 0 spiro atoms. The predicted octanol–water partition coefficient (Wildman–Crippen LogP) is 2.32. The van der Waals surface area contributed by atoms with E-state index >= 15 is 0 Å². The number of aryl methyl sites for hydroxylation is 1. The van der Waals surface area contributed by atoms with Crippen LogP contribution in [0.1, 0.15) is 48.6 Å². The molecule has 1 aliphatic rings. The lowest BCUT2D eigenvalue weighted by Gasteiger charge is -1.99. The molecule has 0 amide bonds. The fraction of sp³-hybridized carbons (Fsp3) is 0.600. The summed E-state index contributed by atoms with van der Waals surface area (Å²) in [7, 11) is 2.14. The van der Waals surface area contributed by atoms with Crippen molar-refractivity contribution >= 4 is 0 Å². The summed E-state index contributed by atoms with van der Waals surface area (Å²) >= 11 is 0. The molecule has 0 unspecified atom stereocenters. The lowest BCUT2D eigenvalue weighted by Crippen LogP contribution is -2.32. The normalized spacial score (nSPS) is 15.2. The van der Waals surface area contributed by atoms with Crippen LogP contribution in [-0.4, -0.2) is 14.1 Å². The quantitative estimate of drug-likeness (QED) is 0.777. The summed E-state index contributed by atoms with van der Waals surface area (Å²) in [6.07, 6.45) is 4.77. The number of hydrogen-bond acceptors (Lipinski definition) is 1. The molecular formula is C15H23N4+. The van der Waals surface area contributed by atoms with E-state index in [2.05, 4.69) is 54.8 Å². The van der Waals surface area contributed by atoms with E-state index in [0.29, 0.717) is 5.92 Å². The van der Waals surface area contributed by atoms with E-state index in [1.165, 1.54) is 35.7 Å². The molecule has 4 nitrogen and oxygen atoms in total. The summed E-state index contributed by atoms with van der Waals surface area (Å²) in [5.74, 6) is 3.03. The van der Waals surface area contributed by atoms with Gasteiger partial charge < -0.3 is 4.57 Å². The Bertz CT molecular complexity index is 629. The zero-order valence-electron chi connectivity index (χ0n) is 12.6. The van der Waals surface area contributed by atoms with E-state index in [9.17, 15) is 0 Å². The molecule has 1 aliphatic carbocycles. The fourth-order valence-corrected chi connectivity index (χ4v) is 2.75. The van der Waals surface area contributed by atoms with Gasteiger partial charge in [0.05, 0.1) is 12.2 Å². The Labute approximate surface area is 114 Å². The van der Waals surface area contributed by atoms with Gasteiger partial charge in [-0.3, -0.25) is 0 Å². The van der Waals surface area contributed by atoms with Gasteiger partial charge in [-0.1, -0.05) is 0 Å². The molecule has 2 aromatic heterocycles. The summed E-state index contributed by atoms with van der Waals surface area (Å²) in [6, 6.07) is 0. The fourth-order valence-electron chi connectivity index (χ4n) is 2.75. The van der Waals surface area contributed by atoms with Crippen LogP contribution in [-0.2, 0) is 13.6 Å². The Hall–Kier alpha value is -1.58. The van der Waals surface area contributed by atoms with E-state index in [1.807, 2.05) is 0 Å². The lowest BCUT2D eigenvalue weighted by atomic mass is 10.3. The smallest absolute Gasteiger partial charge is 0.250 e. The van der Waals surface area contributed by atoms with Crippen LogP contribution in [0.2, 0.25) is 0 Å². The highest BCUT2D eigenvalue weighted by molar-refractivity contribution is 5.34. The first-order valence-corrected chi connectivity index (χ1v) is 7.16. The molecule has 0 aromatic carbocycles. The minimum absolute atomic E-state index is 0.688. The molecule has 102 valence electrons. The lowest BCUT2D eigenvalue weighted by molar-refractivity contribution is -0.698. The van der Waals surface area contributed by atoms with Gasteiger partial charge in [-0.05, 0) is 26.7 Å². The molecule has 0 bridgehead atoms. The van der Waals surface area contributed by atoms with Gasteiger partial charge in [0.1, 0.15) is 17.2 Å². The van der Waals surface area contributed by atoms with Crippen molar-refractivity contribution in [3.05, 3.63) is 29.2 Å². The molecular weight excluding hydrogens is 236 g/mol. The van der Waals surface area contributed by atoms with Crippen molar-refractivity contribution in [2.24, 2.45) is 7.05 Å². The van der Waals surface area contributed by atoms with Gasteiger partial charge in [0.2, 0.25) is 5.82 Å². The van der Waals surface area contributed by atoms with Gasteiger partial charge in [-0.15, -0.1) is 0 Å². The number of rotatable bonds is 3. The Balaban J connectivity index is 2.14. The number of aromatic nitrogens is 4. The maximum atomic E-state index is 4.90. The van der Waals surface area contributed by atoms with Gasteiger partial charge >= 0.3 is 0 Å². The van der Waals surface area contributed by atoms with Crippen molar-refractivity contribution in [2.75, 3.05) is 0 Å². The topological polar surface area (TPSA) is 26.6 Å². The second-order valence-electron chi connectivity index (χ2n) is 5.65. The van der Waals surface area contributed by atoms with Crippen LogP contribution in [0.4, 0.5) is 0 Å². The predicted molar refractivity (Wildman–Crippen MR) is 74.6 cm³/mol. The highest BCUT2D eigenvalue weighted by Crippen LogP contribution is 2.40. The Morgan fingerprint density at radius 2 is 1.95 bits per heavy atom. The minimum Gasteiger partial charge on any atom is -0.331 e. The van der Waals surface area contributed by atoms with Gasteiger partial charge in [-0.25, -0.2) is 4.57 Å². The van der Waals surface area contributed by atoms with E-state index in [-0.39, 0.29) is 0 Å². The van der Waals surface area contributed by atoms with Crippen LogP contribution in [0.5, 0.6) is 0 Å². The second kappa shape index (κ2) is 4.22. The first-order valence-electron chi connectivity index (χ1n) is 7.16. The molecule has 1 fully saturated rings. The third kappa shape index (κ3) is 1.81. The maximum absolute atomic E-state index is 4.90. The zero-order valence-corrected chi connectivity index (χ0v) is 12.6. The van der Waals surface area contributed by atoms with Crippen molar-refractivity contribution in [1.82, 2.24) is 14.1 Å². The monoisotopic (exact) mass is 259 g/mol. The second-order valence-corrected chi connectivity index (χ2v) is 5.65. The van der Waals surface area contributed by atoms with Crippen LogP contribution in [0, 0.1) is 20.8 Å². The van der Waals surface area contributed by atoms with E-state index in [1.54, 1.807) is 0 Å². The van der Waals surface area contributed by atoms with E-state index in [0.717, 1.165) is 12.4 Å². The standard InChI is InChI=1S/C15H23N4/c1-6-18-9-19(11(3)10(18)2)14-12(4)17(5)15(16-14)13-7-8-13/h9,13H,6-8H2,1-5H3/q+1. The largest absolute Gasteiger partial charge is 0.331 e. The van der Waals surface area contributed by atoms with Crippen molar-refractivity contribution in [3.8, 4) is 5.82 Å². The van der Waals surface area contributed by atoms with E-state index in [4.69, 9.17) is 4.98 Å². The number of hydrogen-bond donors (Lipinski definition) is 0. The highest BCUT2D eigenvalue weighted by Gasteiger charge is 2.31. The summed E-state index contributed by atoms with van der Waals surface area (Å²) in [6.45, 7) is 9.69. The summed E-state index contributed by atoms with van der Waals surface area (Å²) in [5, 5.41) is 0. The van der Waals surface area contributed by atoms with E-state index < -0.39 is 0 Å². The summed E-state index contributed by atoms with van der Waals surface area (Å²) in [5.41, 5.74) is 3.86. The highest BCUT2D eigenvalue weighted by atomic mass is 15.2. The van der Waals surface area contributed by atoms with Crippen molar-refractivity contribution in [1.29, 1.82) is 0 Å². The molecule has 3 rings (SSSR count). The number of imidazole rings is 2. The molecule has 0 radical (unpaired) electrons. The van der Waals surface area contributed by atoms with Gasteiger partial charge in [0, 0.05) is 26.8 Å². The Kier molecular flexibility index (Phi) is 2.77. The van der Waals surface area contributed by atoms with Crippen LogP contribution in [0.15, 0.2) is 6.33 Å². The Morgan fingerprint density at radius 3 is 2.47 bits per heavy atom.